The number of hydrogen-bond donors (Lipinski definition) is 2. The van der Waals surface area contributed by atoms with E-state index in [1.807, 2.05) is 0 Å². The molecule has 1 aliphatic carbocycles. The van der Waals surface area contributed by atoms with Gasteiger partial charge in [-0.1, -0.05) is 0 Å². The molecule has 4 nitrogen and oxygen atoms in total. The molecule has 0 aromatic heterocycles. The van der Waals surface area contributed by atoms with Crippen molar-refractivity contribution in [3.05, 3.63) is 0 Å². The molecule has 76 valence electrons. The van der Waals surface area contributed by atoms with Gasteiger partial charge in [-0.15, -0.1) is 0 Å². The Morgan fingerprint density at radius 3 is 2.62 bits per heavy atom. The molecule has 1 fully saturated rings. The molecule has 0 unspecified atom stereocenters. The van der Waals surface area contributed by atoms with E-state index < -0.39 is 9.84 Å². The molecule has 0 bridgehead atoms. The highest BCUT2D eigenvalue weighted by Gasteiger charge is 2.21. The van der Waals surface area contributed by atoms with E-state index in [2.05, 4.69) is 10.6 Å². The quantitative estimate of drug-likeness (QED) is 0.637. The maximum absolute atomic E-state index is 10.7. The van der Waals surface area contributed by atoms with E-state index in [1.54, 1.807) is 0 Å². The molecule has 0 radical (unpaired) electrons. The topological polar surface area (TPSA) is 58.2 Å². The number of rotatable bonds is 4. The second-order valence-corrected chi connectivity index (χ2v) is 5.97. The fourth-order valence-corrected chi connectivity index (χ4v) is 1.56. The zero-order valence-electron chi connectivity index (χ0n) is 7.54. The first kappa shape index (κ1) is 10.7. The van der Waals surface area contributed by atoms with Crippen molar-refractivity contribution >= 4 is 27.2 Å². The molecule has 0 aliphatic heterocycles. The standard InChI is InChI=1S/C7H14N2O2S2/c1-13(10,11)5-4-8-7(12)9-6-2-3-6/h6H,2-5H2,1H3,(H2,8,9,12). The summed E-state index contributed by atoms with van der Waals surface area (Å²) in [6, 6.07) is 0.512. The molecule has 0 amide bonds. The highest BCUT2D eigenvalue weighted by molar-refractivity contribution is 7.90. The van der Waals surface area contributed by atoms with Gasteiger partial charge in [0, 0.05) is 18.8 Å². The first-order valence-electron chi connectivity index (χ1n) is 4.19. The lowest BCUT2D eigenvalue weighted by Crippen LogP contribution is -2.38. The third-order valence-electron chi connectivity index (χ3n) is 1.67. The summed E-state index contributed by atoms with van der Waals surface area (Å²) in [7, 11) is -2.88. The predicted octanol–water partition coefficient (Wildman–Crippen LogP) is -0.342. The van der Waals surface area contributed by atoms with E-state index in [4.69, 9.17) is 12.2 Å². The van der Waals surface area contributed by atoms with Crippen molar-refractivity contribution in [2.24, 2.45) is 0 Å². The smallest absolute Gasteiger partial charge is 0.166 e. The first-order chi connectivity index (χ1) is 5.97. The highest BCUT2D eigenvalue weighted by Crippen LogP contribution is 2.18. The van der Waals surface area contributed by atoms with Crippen LogP contribution in [0.5, 0.6) is 0 Å². The van der Waals surface area contributed by atoms with Crippen molar-refractivity contribution < 1.29 is 8.42 Å². The van der Waals surface area contributed by atoms with Crippen molar-refractivity contribution in [2.45, 2.75) is 18.9 Å². The van der Waals surface area contributed by atoms with Gasteiger partial charge in [0.15, 0.2) is 5.11 Å². The van der Waals surface area contributed by atoms with Crippen LogP contribution in [0.25, 0.3) is 0 Å². The summed E-state index contributed by atoms with van der Waals surface area (Å²) >= 11 is 4.94. The van der Waals surface area contributed by atoms with Gasteiger partial charge in [-0.3, -0.25) is 0 Å². The van der Waals surface area contributed by atoms with Gasteiger partial charge in [0.2, 0.25) is 0 Å². The zero-order valence-corrected chi connectivity index (χ0v) is 9.17. The Bertz CT molecular complexity index is 283. The van der Waals surface area contributed by atoms with Crippen LogP contribution in [0.2, 0.25) is 0 Å². The number of thiocarbonyl (C=S) groups is 1. The SMILES string of the molecule is CS(=O)(=O)CCNC(=S)NC1CC1. The Morgan fingerprint density at radius 1 is 1.54 bits per heavy atom. The normalized spacial score (nSPS) is 16.7. The fourth-order valence-electron chi connectivity index (χ4n) is 0.814. The van der Waals surface area contributed by atoms with Crippen LogP contribution < -0.4 is 10.6 Å². The average Bonchev–Trinajstić information content (AvgIpc) is 2.68. The number of hydrogen-bond acceptors (Lipinski definition) is 3. The predicted molar refractivity (Wildman–Crippen MR) is 56.5 cm³/mol. The third-order valence-corrected chi connectivity index (χ3v) is 2.88. The minimum atomic E-state index is -2.88. The lowest BCUT2D eigenvalue weighted by Gasteiger charge is -2.08. The van der Waals surface area contributed by atoms with Gasteiger partial charge in [0.1, 0.15) is 9.84 Å². The van der Waals surface area contributed by atoms with Crippen LogP contribution in [0.15, 0.2) is 0 Å². The molecule has 0 aromatic carbocycles. The van der Waals surface area contributed by atoms with Crippen molar-refractivity contribution in [1.82, 2.24) is 10.6 Å². The van der Waals surface area contributed by atoms with Crippen LogP contribution >= 0.6 is 12.2 Å². The second-order valence-electron chi connectivity index (χ2n) is 3.30. The molecule has 0 aromatic rings. The minimum absolute atomic E-state index is 0.124. The van der Waals surface area contributed by atoms with Crippen LogP contribution in [0, 0.1) is 0 Å². The van der Waals surface area contributed by atoms with E-state index in [0.717, 1.165) is 12.8 Å². The summed E-state index contributed by atoms with van der Waals surface area (Å²) in [6.45, 7) is 0.386. The van der Waals surface area contributed by atoms with E-state index in [0.29, 0.717) is 17.7 Å². The lowest BCUT2D eigenvalue weighted by atomic mass is 10.7. The summed E-state index contributed by atoms with van der Waals surface area (Å²) < 4.78 is 21.5. The van der Waals surface area contributed by atoms with Crippen molar-refractivity contribution in [2.75, 3.05) is 18.6 Å². The Balaban J connectivity index is 2.07. The number of nitrogens with one attached hydrogen (secondary N) is 2. The molecule has 0 saturated heterocycles. The van der Waals surface area contributed by atoms with Gasteiger partial charge in [0.05, 0.1) is 5.75 Å². The molecule has 2 N–H and O–H groups in total. The Kier molecular flexibility index (Phi) is 3.49. The number of sulfone groups is 1. The average molecular weight is 222 g/mol. The third kappa shape index (κ3) is 5.81. The van der Waals surface area contributed by atoms with Gasteiger partial charge < -0.3 is 10.6 Å². The minimum Gasteiger partial charge on any atom is -0.362 e. The summed E-state index contributed by atoms with van der Waals surface area (Å²) in [4.78, 5) is 0. The Morgan fingerprint density at radius 2 is 2.15 bits per heavy atom. The van der Waals surface area contributed by atoms with Crippen LogP contribution in [0.3, 0.4) is 0 Å². The second kappa shape index (κ2) is 4.23. The molecule has 0 spiro atoms. The molecule has 1 aliphatic rings. The molecule has 13 heavy (non-hydrogen) atoms. The van der Waals surface area contributed by atoms with E-state index in [-0.39, 0.29) is 5.75 Å². The van der Waals surface area contributed by atoms with Gasteiger partial charge in [-0.2, -0.15) is 0 Å². The summed E-state index contributed by atoms with van der Waals surface area (Å²) in [5.74, 6) is 0.124. The first-order valence-corrected chi connectivity index (χ1v) is 6.66. The molecule has 0 atom stereocenters. The van der Waals surface area contributed by atoms with Crippen molar-refractivity contribution in [3.63, 3.8) is 0 Å². The monoisotopic (exact) mass is 222 g/mol. The lowest BCUT2D eigenvalue weighted by molar-refractivity contribution is 0.600. The molecule has 1 saturated carbocycles. The molecular weight excluding hydrogens is 208 g/mol. The largest absolute Gasteiger partial charge is 0.362 e. The van der Waals surface area contributed by atoms with Crippen LogP contribution in [0.4, 0.5) is 0 Å². The van der Waals surface area contributed by atoms with E-state index >= 15 is 0 Å². The van der Waals surface area contributed by atoms with Crippen molar-refractivity contribution in [1.29, 1.82) is 0 Å². The molecular formula is C7H14N2O2S2. The highest BCUT2D eigenvalue weighted by atomic mass is 32.2. The maximum atomic E-state index is 10.7. The van der Waals surface area contributed by atoms with Crippen molar-refractivity contribution in [3.8, 4) is 0 Å². The van der Waals surface area contributed by atoms with Crippen LogP contribution in [-0.4, -0.2) is 38.1 Å². The summed E-state index contributed by atoms with van der Waals surface area (Å²) in [5, 5.41) is 6.48. The van der Waals surface area contributed by atoms with Gasteiger partial charge >= 0.3 is 0 Å². The van der Waals surface area contributed by atoms with Crippen LogP contribution in [-0.2, 0) is 9.84 Å². The van der Waals surface area contributed by atoms with Gasteiger partial charge in [-0.05, 0) is 25.1 Å². The van der Waals surface area contributed by atoms with Gasteiger partial charge in [0.25, 0.3) is 0 Å². The van der Waals surface area contributed by atoms with Crippen LogP contribution in [0.1, 0.15) is 12.8 Å². The zero-order chi connectivity index (χ0) is 9.90. The fraction of sp³-hybridized carbons (Fsp3) is 0.857. The van der Waals surface area contributed by atoms with E-state index in [9.17, 15) is 8.42 Å². The Hall–Kier alpha value is -0.360. The maximum Gasteiger partial charge on any atom is 0.166 e. The molecule has 6 heteroatoms. The molecule has 0 heterocycles. The summed E-state index contributed by atoms with van der Waals surface area (Å²) in [6.07, 6.45) is 3.54. The molecule has 1 rings (SSSR count). The Labute approximate surface area is 84.0 Å². The van der Waals surface area contributed by atoms with Gasteiger partial charge in [-0.25, -0.2) is 8.42 Å². The summed E-state index contributed by atoms with van der Waals surface area (Å²) in [5.41, 5.74) is 0. The van der Waals surface area contributed by atoms with E-state index in [1.165, 1.54) is 6.26 Å².